The van der Waals surface area contributed by atoms with E-state index in [0.717, 1.165) is 0 Å². The first-order chi connectivity index (χ1) is 5.37. The smallest absolute Gasteiger partial charge is 0.263 e. The van der Waals surface area contributed by atoms with Gasteiger partial charge in [0.1, 0.15) is 0 Å². The molecule has 0 aliphatic carbocycles. The Bertz CT molecular complexity index is 177. The highest BCUT2D eigenvalue weighted by molar-refractivity contribution is 5.91. The zero-order valence-corrected chi connectivity index (χ0v) is 8.59. The molecule has 0 spiro atoms. The third kappa shape index (κ3) is 2.66. The Balaban J connectivity index is 4.52. The van der Waals surface area contributed by atoms with Crippen molar-refractivity contribution in [2.45, 2.75) is 26.8 Å². The zero-order valence-electron chi connectivity index (χ0n) is 8.59. The summed E-state index contributed by atoms with van der Waals surface area (Å²) in [4.78, 5) is 11.5. The average Bonchev–Trinajstić information content (AvgIpc) is 1.85. The van der Waals surface area contributed by atoms with Crippen molar-refractivity contribution in [3.8, 4) is 0 Å². The van der Waals surface area contributed by atoms with E-state index < -0.39 is 0 Å². The van der Waals surface area contributed by atoms with Crippen LogP contribution in [0.25, 0.3) is 0 Å². The molecule has 0 saturated heterocycles. The van der Waals surface area contributed by atoms with Gasteiger partial charge in [-0.05, 0) is 20.8 Å². The standard InChI is InChI=1S/C9H18N2O/c1-7(2)9(12)11(8(3)4)10(5)6/h8H,1H2,2-6H3. The topological polar surface area (TPSA) is 23.6 Å². The van der Waals surface area contributed by atoms with E-state index in [4.69, 9.17) is 0 Å². The Labute approximate surface area is 74.6 Å². The van der Waals surface area contributed by atoms with Crippen LogP contribution in [-0.4, -0.2) is 36.1 Å². The number of amides is 1. The van der Waals surface area contributed by atoms with Crippen molar-refractivity contribution in [3.05, 3.63) is 12.2 Å². The number of hydrogen-bond acceptors (Lipinski definition) is 2. The van der Waals surface area contributed by atoms with Gasteiger partial charge in [0.25, 0.3) is 5.91 Å². The monoisotopic (exact) mass is 170 g/mol. The maximum absolute atomic E-state index is 11.5. The largest absolute Gasteiger partial charge is 0.270 e. The van der Waals surface area contributed by atoms with Gasteiger partial charge in [0.05, 0.1) is 0 Å². The Kier molecular flexibility index (Phi) is 3.96. The van der Waals surface area contributed by atoms with Gasteiger partial charge in [-0.15, -0.1) is 0 Å². The molecular formula is C9H18N2O. The highest BCUT2D eigenvalue weighted by atomic mass is 16.2. The summed E-state index contributed by atoms with van der Waals surface area (Å²) < 4.78 is 0. The second-order valence-corrected chi connectivity index (χ2v) is 3.37. The number of carbonyl (C=O) groups excluding carboxylic acids is 1. The Morgan fingerprint density at radius 3 is 1.83 bits per heavy atom. The molecule has 0 fully saturated rings. The second kappa shape index (κ2) is 4.26. The van der Waals surface area contributed by atoms with Gasteiger partial charge in [-0.3, -0.25) is 9.80 Å². The van der Waals surface area contributed by atoms with E-state index in [-0.39, 0.29) is 11.9 Å². The summed E-state index contributed by atoms with van der Waals surface area (Å²) in [6, 6.07) is 0.171. The zero-order chi connectivity index (χ0) is 9.89. The number of hydrazine groups is 1. The molecule has 0 aliphatic heterocycles. The summed E-state index contributed by atoms with van der Waals surface area (Å²) in [6.45, 7) is 9.29. The average molecular weight is 170 g/mol. The summed E-state index contributed by atoms with van der Waals surface area (Å²) in [5, 5.41) is 3.45. The predicted octanol–water partition coefficient (Wildman–Crippen LogP) is 1.28. The molecule has 0 aromatic rings. The first kappa shape index (κ1) is 11.2. The van der Waals surface area contributed by atoms with Gasteiger partial charge in [0.15, 0.2) is 0 Å². The Hall–Kier alpha value is -0.830. The summed E-state index contributed by atoms with van der Waals surface area (Å²) in [5.41, 5.74) is 0.567. The lowest BCUT2D eigenvalue weighted by molar-refractivity contribution is -0.143. The van der Waals surface area contributed by atoms with Crippen LogP contribution in [0.3, 0.4) is 0 Å². The molecule has 3 nitrogen and oxygen atoms in total. The van der Waals surface area contributed by atoms with Crippen LogP contribution in [0.15, 0.2) is 12.2 Å². The number of hydrogen-bond donors (Lipinski definition) is 0. The van der Waals surface area contributed by atoms with Gasteiger partial charge in [-0.1, -0.05) is 6.58 Å². The fourth-order valence-electron chi connectivity index (χ4n) is 1.07. The molecule has 0 bridgehead atoms. The van der Waals surface area contributed by atoms with Crippen LogP contribution in [0, 0.1) is 0 Å². The molecule has 0 aromatic heterocycles. The van der Waals surface area contributed by atoms with Crippen LogP contribution in [-0.2, 0) is 4.79 Å². The van der Waals surface area contributed by atoms with E-state index in [9.17, 15) is 4.79 Å². The van der Waals surface area contributed by atoms with Crippen molar-refractivity contribution in [3.63, 3.8) is 0 Å². The fourth-order valence-corrected chi connectivity index (χ4v) is 1.07. The maximum Gasteiger partial charge on any atom is 0.263 e. The summed E-state index contributed by atoms with van der Waals surface area (Å²) >= 11 is 0. The highest BCUT2D eigenvalue weighted by Crippen LogP contribution is 2.05. The van der Waals surface area contributed by atoms with Crippen LogP contribution >= 0.6 is 0 Å². The minimum absolute atomic E-state index is 0.0185. The van der Waals surface area contributed by atoms with E-state index in [1.807, 2.05) is 27.9 Å². The number of rotatable bonds is 3. The molecule has 0 heterocycles. The van der Waals surface area contributed by atoms with Crippen molar-refractivity contribution in [2.75, 3.05) is 14.1 Å². The van der Waals surface area contributed by atoms with Gasteiger partial charge in [0, 0.05) is 25.7 Å². The van der Waals surface area contributed by atoms with Gasteiger partial charge >= 0.3 is 0 Å². The fraction of sp³-hybridized carbons (Fsp3) is 0.667. The number of nitrogens with zero attached hydrogens (tertiary/aromatic N) is 2. The summed E-state index contributed by atoms with van der Waals surface area (Å²) in [5.74, 6) is -0.0185. The van der Waals surface area contributed by atoms with Crippen molar-refractivity contribution in [1.29, 1.82) is 0 Å². The molecule has 0 aliphatic rings. The normalized spacial score (nSPS) is 10.6. The predicted molar refractivity (Wildman–Crippen MR) is 50.5 cm³/mol. The molecule has 0 N–H and O–H groups in total. The van der Waals surface area contributed by atoms with E-state index in [0.29, 0.717) is 5.57 Å². The third-order valence-corrected chi connectivity index (χ3v) is 1.49. The molecule has 0 rings (SSSR count). The lowest BCUT2D eigenvalue weighted by Crippen LogP contribution is -2.46. The summed E-state index contributed by atoms with van der Waals surface area (Å²) in [7, 11) is 3.70. The quantitative estimate of drug-likeness (QED) is 0.470. The molecule has 0 atom stereocenters. The minimum atomic E-state index is -0.0185. The first-order valence-corrected chi connectivity index (χ1v) is 4.04. The van der Waals surface area contributed by atoms with Crippen LogP contribution < -0.4 is 0 Å². The number of carbonyl (C=O) groups is 1. The van der Waals surface area contributed by atoms with E-state index in [1.54, 1.807) is 16.9 Å². The third-order valence-electron chi connectivity index (χ3n) is 1.49. The van der Waals surface area contributed by atoms with Gasteiger partial charge in [-0.2, -0.15) is 0 Å². The summed E-state index contributed by atoms with van der Waals surface area (Å²) in [6.07, 6.45) is 0. The maximum atomic E-state index is 11.5. The molecule has 3 heteroatoms. The van der Waals surface area contributed by atoms with Crippen molar-refractivity contribution < 1.29 is 4.79 Å². The van der Waals surface area contributed by atoms with Gasteiger partial charge < -0.3 is 0 Å². The minimum Gasteiger partial charge on any atom is -0.270 e. The van der Waals surface area contributed by atoms with Gasteiger partial charge in [-0.25, -0.2) is 5.01 Å². The van der Waals surface area contributed by atoms with Crippen molar-refractivity contribution >= 4 is 5.91 Å². The molecule has 70 valence electrons. The molecule has 12 heavy (non-hydrogen) atoms. The highest BCUT2D eigenvalue weighted by Gasteiger charge is 2.18. The van der Waals surface area contributed by atoms with Gasteiger partial charge in [0.2, 0.25) is 0 Å². The van der Waals surface area contributed by atoms with E-state index >= 15 is 0 Å². The van der Waals surface area contributed by atoms with Crippen LogP contribution in [0.4, 0.5) is 0 Å². The molecule has 1 amide bonds. The lowest BCUT2D eigenvalue weighted by Gasteiger charge is -2.32. The molecule has 0 saturated carbocycles. The SMILES string of the molecule is C=C(C)C(=O)N(C(C)C)N(C)C. The molecule has 0 radical (unpaired) electrons. The molecular weight excluding hydrogens is 152 g/mol. The van der Waals surface area contributed by atoms with Crippen molar-refractivity contribution in [2.24, 2.45) is 0 Å². The molecule has 0 aromatic carbocycles. The van der Waals surface area contributed by atoms with Crippen LogP contribution in [0.2, 0.25) is 0 Å². The van der Waals surface area contributed by atoms with E-state index in [1.165, 1.54) is 0 Å². The second-order valence-electron chi connectivity index (χ2n) is 3.37. The molecule has 0 unspecified atom stereocenters. The Morgan fingerprint density at radius 1 is 1.33 bits per heavy atom. The van der Waals surface area contributed by atoms with E-state index in [2.05, 4.69) is 6.58 Å². The lowest BCUT2D eigenvalue weighted by atomic mass is 10.3. The van der Waals surface area contributed by atoms with Crippen molar-refractivity contribution in [1.82, 2.24) is 10.0 Å². The first-order valence-electron chi connectivity index (χ1n) is 4.04. The Morgan fingerprint density at radius 2 is 1.75 bits per heavy atom. The van der Waals surface area contributed by atoms with Crippen LogP contribution in [0.5, 0.6) is 0 Å². The van der Waals surface area contributed by atoms with Crippen LogP contribution in [0.1, 0.15) is 20.8 Å².